The summed E-state index contributed by atoms with van der Waals surface area (Å²) >= 11 is 0. The van der Waals surface area contributed by atoms with Crippen LogP contribution < -0.4 is 5.73 Å². The molecule has 0 bridgehead atoms. The lowest BCUT2D eigenvalue weighted by Crippen LogP contribution is -2.34. The highest BCUT2D eigenvalue weighted by Crippen LogP contribution is 2.11. The molecule has 0 amide bonds. The normalized spacial score (nSPS) is 29.6. The van der Waals surface area contributed by atoms with Gasteiger partial charge in [0.05, 0.1) is 0 Å². The summed E-state index contributed by atoms with van der Waals surface area (Å²) in [5, 5.41) is 0. The molecule has 0 saturated carbocycles. The van der Waals surface area contributed by atoms with Crippen LogP contribution in [0, 0.1) is 0 Å². The summed E-state index contributed by atoms with van der Waals surface area (Å²) in [5.74, 6) is -0.828. The van der Waals surface area contributed by atoms with Crippen molar-refractivity contribution >= 4 is 11.9 Å². The molecule has 1 saturated heterocycles. The zero-order valence-electron chi connectivity index (χ0n) is 8.19. The Balaban J connectivity index is 2.63. The fourth-order valence-electron chi connectivity index (χ4n) is 1.20. The molecule has 1 rings (SSSR count). The van der Waals surface area contributed by atoms with E-state index in [9.17, 15) is 9.59 Å². The smallest absolute Gasteiger partial charge is 0.325 e. The van der Waals surface area contributed by atoms with Gasteiger partial charge in [0, 0.05) is 12.8 Å². The van der Waals surface area contributed by atoms with Gasteiger partial charge in [0.15, 0.2) is 0 Å². The number of hydrogen-bond donors (Lipinski definition) is 1. The van der Waals surface area contributed by atoms with E-state index in [4.69, 9.17) is 15.2 Å². The van der Waals surface area contributed by atoms with Gasteiger partial charge in [-0.25, -0.2) is 0 Å². The highest BCUT2D eigenvalue weighted by molar-refractivity contribution is 5.76. The van der Waals surface area contributed by atoms with E-state index < -0.39 is 18.3 Å². The van der Waals surface area contributed by atoms with Crippen molar-refractivity contribution in [1.82, 2.24) is 0 Å². The van der Waals surface area contributed by atoms with Gasteiger partial charge in [0.1, 0.15) is 6.04 Å². The average molecular weight is 201 g/mol. The van der Waals surface area contributed by atoms with Crippen molar-refractivity contribution in [3.05, 3.63) is 0 Å². The number of ether oxygens (including phenoxy) is 2. The second kappa shape index (κ2) is 4.95. The monoisotopic (exact) mass is 201 g/mol. The van der Waals surface area contributed by atoms with Gasteiger partial charge in [-0.3, -0.25) is 9.59 Å². The Hall–Kier alpha value is -1.10. The first-order valence-electron chi connectivity index (χ1n) is 4.79. The maximum atomic E-state index is 11.3. The molecule has 1 aliphatic rings. The van der Waals surface area contributed by atoms with Crippen LogP contribution in [-0.2, 0) is 19.1 Å². The van der Waals surface area contributed by atoms with E-state index in [2.05, 4.69) is 0 Å². The van der Waals surface area contributed by atoms with E-state index >= 15 is 0 Å². The van der Waals surface area contributed by atoms with Crippen LogP contribution in [0.4, 0.5) is 0 Å². The van der Waals surface area contributed by atoms with Crippen molar-refractivity contribution < 1.29 is 19.1 Å². The molecule has 5 heteroatoms. The van der Waals surface area contributed by atoms with Crippen molar-refractivity contribution in [3.8, 4) is 0 Å². The number of esters is 2. The molecule has 0 aromatic rings. The summed E-state index contributed by atoms with van der Waals surface area (Å²) in [7, 11) is 0. The van der Waals surface area contributed by atoms with Crippen LogP contribution >= 0.6 is 0 Å². The van der Waals surface area contributed by atoms with Crippen LogP contribution in [0.3, 0.4) is 0 Å². The maximum Gasteiger partial charge on any atom is 0.325 e. The first-order valence-corrected chi connectivity index (χ1v) is 4.79. The zero-order valence-corrected chi connectivity index (χ0v) is 8.19. The molecule has 1 aliphatic heterocycles. The lowest BCUT2D eigenvalue weighted by molar-refractivity contribution is -0.187. The van der Waals surface area contributed by atoms with E-state index in [0.717, 1.165) is 0 Å². The van der Waals surface area contributed by atoms with Crippen LogP contribution in [0.15, 0.2) is 0 Å². The third kappa shape index (κ3) is 2.99. The average Bonchev–Trinajstić information content (AvgIpc) is 2.20. The summed E-state index contributed by atoms with van der Waals surface area (Å²) < 4.78 is 9.80. The molecule has 0 radical (unpaired) electrons. The first-order chi connectivity index (χ1) is 6.63. The predicted octanol–water partition coefficient (Wildman–Crippen LogP) is 0.320. The molecule has 80 valence electrons. The van der Waals surface area contributed by atoms with Gasteiger partial charge in [-0.2, -0.15) is 0 Å². The number of hydrogen-bond acceptors (Lipinski definition) is 5. The molecule has 0 aromatic carbocycles. The van der Waals surface area contributed by atoms with E-state index in [1.807, 2.05) is 0 Å². The Morgan fingerprint density at radius 3 is 2.79 bits per heavy atom. The Bertz CT molecular complexity index is 229. The number of nitrogens with two attached hydrogens (primary N) is 1. The van der Waals surface area contributed by atoms with Crippen LogP contribution in [0.25, 0.3) is 0 Å². The fraction of sp³-hybridized carbons (Fsp3) is 0.778. The van der Waals surface area contributed by atoms with Gasteiger partial charge < -0.3 is 15.2 Å². The molecule has 1 fully saturated rings. The van der Waals surface area contributed by atoms with Crippen LogP contribution in [0.5, 0.6) is 0 Å². The Morgan fingerprint density at radius 2 is 2.14 bits per heavy atom. The van der Waals surface area contributed by atoms with E-state index in [0.29, 0.717) is 25.7 Å². The summed E-state index contributed by atoms with van der Waals surface area (Å²) in [4.78, 5) is 22.4. The highest BCUT2D eigenvalue weighted by Gasteiger charge is 2.24. The molecular weight excluding hydrogens is 186 g/mol. The molecular formula is C9H15NO4. The van der Waals surface area contributed by atoms with Gasteiger partial charge in [-0.1, -0.05) is 6.92 Å². The Morgan fingerprint density at radius 1 is 1.43 bits per heavy atom. The van der Waals surface area contributed by atoms with Crippen molar-refractivity contribution in [3.63, 3.8) is 0 Å². The molecule has 0 aliphatic carbocycles. The molecule has 0 spiro atoms. The largest absolute Gasteiger partial charge is 0.425 e. The highest BCUT2D eigenvalue weighted by atomic mass is 16.7. The van der Waals surface area contributed by atoms with Gasteiger partial charge in [-0.05, 0) is 12.8 Å². The minimum atomic E-state index is -0.779. The number of cyclic esters (lactones) is 2. The SMILES string of the molecule is CCC1OC(=O)CCCC(N)C(=O)O1. The quantitative estimate of drug-likeness (QED) is 0.618. The van der Waals surface area contributed by atoms with Gasteiger partial charge >= 0.3 is 11.9 Å². The summed E-state index contributed by atoms with van der Waals surface area (Å²) in [6.07, 6.45) is 0.986. The van der Waals surface area contributed by atoms with Crippen LogP contribution in [0.1, 0.15) is 32.6 Å². The second-order valence-corrected chi connectivity index (χ2v) is 3.26. The summed E-state index contributed by atoms with van der Waals surface area (Å²) in [6.45, 7) is 1.77. The Kier molecular flexibility index (Phi) is 3.88. The molecule has 2 N–H and O–H groups in total. The van der Waals surface area contributed by atoms with Crippen molar-refractivity contribution in [2.24, 2.45) is 5.73 Å². The molecule has 14 heavy (non-hydrogen) atoms. The third-order valence-corrected chi connectivity index (χ3v) is 2.04. The standard InChI is InChI=1S/C9H15NO4/c1-2-8-13-7(11)5-3-4-6(10)9(12)14-8/h6,8H,2-5,10H2,1H3. The van der Waals surface area contributed by atoms with E-state index in [1.165, 1.54) is 0 Å². The topological polar surface area (TPSA) is 78.6 Å². The van der Waals surface area contributed by atoms with Crippen molar-refractivity contribution in [2.75, 3.05) is 0 Å². The summed E-state index contributed by atoms with van der Waals surface area (Å²) in [6, 6.07) is -0.640. The molecule has 2 unspecified atom stereocenters. The first kappa shape index (κ1) is 11.0. The fourth-order valence-corrected chi connectivity index (χ4v) is 1.20. The minimum absolute atomic E-state index is 0.292. The number of carbonyl (C=O) groups excluding carboxylic acids is 2. The van der Waals surface area contributed by atoms with Crippen LogP contribution in [-0.4, -0.2) is 24.3 Å². The molecule has 5 nitrogen and oxygen atoms in total. The number of carbonyl (C=O) groups is 2. The third-order valence-electron chi connectivity index (χ3n) is 2.04. The number of rotatable bonds is 1. The van der Waals surface area contributed by atoms with Gasteiger partial charge in [0.2, 0.25) is 6.29 Å². The van der Waals surface area contributed by atoms with Gasteiger partial charge in [0.25, 0.3) is 0 Å². The molecule has 1 heterocycles. The predicted molar refractivity (Wildman–Crippen MR) is 48.1 cm³/mol. The van der Waals surface area contributed by atoms with Crippen molar-refractivity contribution in [2.45, 2.75) is 44.9 Å². The lowest BCUT2D eigenvalue weighted by Gasteiger charge is -2.16. The van der Waals surface area contributed by atoms with E-state index in [1.54, 1.807) is 6.92 Å². The maximum absolute atomic E-state index is 11.3. The van der Waals surface area contributed by atoms with Gasteiger partial charge in [-0.15, -0.1) is 0 Å². The van der Waals surface area contributed by atoms with E-state index in [-0.39, 0.29) is 5.97 Å². The molecule has 0 aromatic heterocycles. The second-order valence-electron chi connectivity index (χ2n) is 3.26. The zero-order chi connectivity index (χ0) is 10.6. The Labute approximate surface area is 82.5 Å². The summed E-state index contributed by atoms with van der Waals surface area (Å²) in [5.41, 5.74) is 5.54. The van der Waals surface area contributed by atoms with Crippen LogP contribution in [0.2, 0.25) is 0 Å². The van der Waals surface area contributed by atoms with Crippen molar-refractivity contribution in [1.29, 1.82) is 0 Å². The molecule has 2 atom stereocenters. The minimum Gasteiger partial charge on any atom is -0.425 e. The lowest BCUT2D eigenvalue weighted by atomic mass is 10.1.